The Labute approximate surface area is 195 Å². The zero-order chi connectivity index (χ0) is 24.6. The van der Waals surface area contributed by atoms with Gasteiger partial charge in [-0.05, 0) is 63.6 Å². The molecule has 8 nitrogen and oxygen atoms in total. The van der Waals surface area contributed by atoms with Gasteiger partial charge in [-0.2, -0.15) is 0 Å². The number of carbonyl (C=O) groups is 2. The number of hydrogen-bond donors (Lipinski definition) is 2. The van der Waals surface area contributed by atoms with E-state index in [0.717, 1.165) is 36.3 Å². The third-order valence-corrected chi connectivity index (χ3v) is 4.88. The van der Waals surface area contributed by atoms with Crippen LogP contribution in [-0.2, 0) is 4.74 Å². The van der Waals surface area contributed by atoms with Crippen molar-refractivity contribution in [1.82, 2.24) is 0 Å². The molecule has 2 amide bonds. The van der Waals surface area contributed by atoms with Gasteiger partial charge in [-0.15, -0.1) is 0 Å². The van der Waals surface area contributed by atoms with Crippen molar-refractivity contribution in [2.45, 2.75) is 59.0 Å². The predicted molar refractivity (Wildman–Crippen MR) is 132 cm³/mol. The number of carbonyl (C=O) groups excluding carboxylic acids is 1. The lowest BCUT2D eigenvalue weighted by molar-refractivity contribution is 0.0579. The summed E-state index contributed by atoms with van der Waals surface area (Å²) in [5, 5.41) is 9.22. The molecule has 33 heavy (non-hydrogen) atoms. The summed E-state index contributed by atoms with van der Waals surface area (Å²) in [6, 6.07) is 12.0. The molecule has 0 bridgehead atoms. The van der Waals surface area contributed by atoms with Crippen molar-refractivity contribution >= 4 is 29.2 Å². The van der Waals surface area contributed by atoms with Crippen molar-refractivity contribution in [1.29, 1.82) is 0 Å². The van der Waals surface area contributed by atoms with E-state index in [1.807, 2.05) is 20.8 Å². The van der Waals surface area contributed by atoms with Gasteiger partial charge in [-0.25, -0.2) is 9.59 Å². The van der Waals surface area contributed by atoms with Crippen LogP contribution in [0.3, 0.4) is 0 Å². The standard InChI is InChI=1S/C25H35N3O5/c1-6-7-8-9-16-28(24(31)33-25(2,3)4)18-10-12-19(13-11-18)32-20-14-15-21(26)22(17-20)27(5)23(29)30/h10-15,17H,6-9,16,26H2,1-5H3,(H,29,30). The van der Waals surface area contributed by atoms with Gasteiger partial charge in [0.05, 0.1) is 11.4 Å². The summed E-state index contributed by atoms with van der Waals surface area (Å²) in [6.07, 6.45) is 2.66. The fraction of sp³-hybridized carbons (Fsp3) is 0.440. The molecule has 0 fully saturated rings. The third-order valence-electron chi connectivity index (χ3n) is 4.88. The molecule has 0 saturated heterocycles. The smallest absolute Gasteiger partial charge is 0.414 e. The summed E-state index contributed by atoms with van der Waals surface area (Å²) < 4.78 is 11.5. The summed E-state index contributed by atoms with van der Waals surface area (Å²) >= 11 is 0. The Kier molecular flexibility index (Phi) is 8.96. The minimum Gasteiger partial charge on any atom is -0.465 e. The van der Waals surface area contributed by atoms with Gasteiger partial charge >= 0.3 is 12.2 Å². The van der Waals surface area contributed by atoms with Crippen LogP contribution in [0.1, 0.15) is 53.4 Å². The molecule has 0 saturated carbocycles. The van der Waals surface area contributed by atoms with Gasteiger partial charge in [0, 0.05) is 25.3 Å². The van der Waals surface area contributed by atoms with Crippen LogP contribution in [0.5, 0.6) is 11.5 Å². The highest BCUT2D eigenvalue weighted by Crippen LogP contribution is 2.31. The maximum atomic E-state index is 12.8. The normalized spacial score (nSPS) is 11.1. The van der Waals surface area contributed by atoms with Crippen LogP contribution >= 0.6 is 0 Å². The number of nitrogens with zero attached hydrogens (tertiary/aromatic N) is 2. The fourth-order valence-corrected chi connectivity index (χ4v) is 3.15. The van der Waals surface area contributed by atoms with Crippen molar-refractivity contribution in [2.75, 3.05) is 29.1 Å². The molecule has 0 heterocycles. The first kappa shape index (κ1) is 25.8. The van der Waals surface area contributed by atoms with Crippen LogP contribution in [0.4, 0.5) is 26.7 Å². The van der Waals surface area contributed by atoms with Crippen LogP contribution < -0.4 is 20.3 Å². The van der Waals surface area contributed by atoms with Crippen molar-refractivity contribution in [2.24, 2.45) is 0 Å². The minimum atomic E-state index is -1.12. The largest absolute Gasteiger partial charge is 0.465 e. The Morgan fingerprint density at radius 3 is 2.21 bits per heavy atom. The second-order valence-corrected chi connectivity index (χ2v) is 8.85. The van der Waals surface area contributed by atoms with E-state index in [2.05, 4.69) is 6.92 Å². The van der Waals surface area contributed by atoms with Gasteiger partial charge in [0.2, 0.25) is 0 Å². The minimum absolute atomic E-state index is 0.332. The molecule has 0 aromatic heterocycles. The third kappa shape index (κ3) is 7.89. The van der Waals surface area contributed by atoms with E-state index in [1.165, 1.54) is 7.05 Å². The number of anilines is 3. The highest BCUT2D eigenvalue weighted by Gasteiger charge is 2.23. The predicted octanol–water partition coefficient (Wildman–Crippen LogP) is 6.50. The topological polar surface area (TPSA) is 105 Å². The van der Waals surface area contributed by atoms with Crippen LogP contribution in [0.25, 0.3) is 0 Å². The van der Waals surface area contributed by atoms with E-state index in [-0.39, 0.29) is 6.09 Å². The molecular weight excluding hydrogens is 422 g/mol. The number of ether oxygens (including phenoxy) is 2. The molecule has 0 aliphatic rings. The van der Waals surface area contributed by atoms with Gasteiger partial charge in [0.25, 0.3) is 0 Å². The maximum Gasteiger partial charge on any atom is 0.414 e. The van der Waals surface area contributed by atoms with Crippen molar-refractivity contribution in [3.05, 3.63) is 42.5 Å². The van der Waals surface area contributed by atoms with Gasteiger partial charge < -0.3 is 20.3 Å². The lowest BCUT2D eigenvalue weighted by Crippen LogP contribution is -2.37. The van der Waals surface area contributed by atoms with E-state index >= 15 is 0 Å². The lowest BCUT2D eigenvalue weighted by atomic mass is 10.2. The fourth-order valence-electron chi connectivity index (χ4n) is 3.15. The van der Waals surface area contributed by atoms with E-state index in [1.54, 1.807) is 47.4 Å². The summed E-state index contributed by atoms with van der Waals surface area (Å²) in [5.74, 6) is 0.992. The number of hydrogen-bond acceptors (Lipinski definition) is 5. The summed E-state index contributed by atoms with van der Waals surface area (Å²) in [5.41, 5.74) is 6.69. The molecular formula is C25H35N3O5. The van der Waals surface area contributed by atoms with E-state index in [4.69, 9.17) is 15.2 Å². The highest BCUT2D eigenvalue weighted by atomic mass is 16.6. The van der Waals surface area contributed by atoms with Crippen LogP contribution in [-0.4, -0.2) is 36.5 Å². The molecule has 2 aromatic carbocycles. The second kappa shape index (κ2) is 11.4. The van der Waals surface area contributed by atoms with Crippen molar-refractivity contribution < 1.29 is 24.2 Å². The average molecular weight is 458 g/mol. The number of benzene rings is 2. The van der Waals surface area contributed by atoms with E-state index in [9.17, 15) is 14.7 Å². The van der Waals surface area contributed by atoms with Crippen LogP contribution in [0.2, 0.25) is 0 Å². The average Bonchev–Trinajstić information content (AvgIpc) is 2.74. The summed E-state index contributed by atoms with van der Waals surface area (Å²) in [7, 11) is 1.42. The zero-order valence-corrected chi connectivity index (χ0v) is 20.1. The van der Waals surface area contributed by atoms with E-state index < -0.39 is 11.7 Å². The van der Waals surface area contributed by atoms with E-state index in [0.29, 0.717) is 29.4 Å². The van der Waals surface area contributed by atoms with Crippen LogP contribution in [0, 0.1) is 0 Å². The Morgan fingerprint density at radius 1 is 1.00 bits per heavy atom. The Morgan fingerprint density at radius 2 is 1.64 bits per heavy atom. The number of amides is 2. The molecule has 0 aliphatic carbocycles. The van der Waals surface area contributed by atoms with Gasteiger partial charge in [-0.3, -0.25) is 9.80 Å². The molecule has 0 atom stereocenters. The Hall–Kier alpha value is -3.42. The molecule has 180 valence electrons. The quantitative estimate of drug-likeness (QED) is 0.329. The summed E-state index contributed by atoms with van der Waals surface area (Å²) in [6.45, 7) is 8.26. The molecule has 0 spiro atoms. The number of rotatable bonds is 9. The highest BCUT2D eigenvalue weighted by molar-refractivity contribution is 5.90. The zero-order valence-electron chi connectivity index (χ0n) is 20.1. The molecule has 0 unspecified atom stereocenters. The molecule has 0 aliphatic heterocycles. The van der Waals surface area contributed by atoms with Gasteiger partial charge in [0.1, 0.15) is 17.1 Å². The monoisotopic (exact) mass is 457 g/mol. The number of unbranched alkanes of at least 4 members (excludes halogenated alkanes) is 3. The maximum absolute atomic E-state index is 12.8. The van der Waals surface area contributed by atoms with Gasteiger partial charge in [-0.1, -0.05) is 26.2 Å². The molecule has 3 N–H and O–H groups in total. The first-order chi connectivity index (χ1) is 15.5. The number of nitrogen functional groups attached to an aromatic ring is 1. The number of nitrogens with two attached hydrogens (primary N) is 1. The second-order valence-electron chi connectivity index (χ2n) is 8.85. The van der Waals surface area contributed by atoms with Crippen LogP contribution in [0.15, 0.2) is 42.5 Å². The molecule has 0 radical (unpaired) electrons. The molecule has 8 heteroatoms. The SMILES string of the molecule is CCCCCCN(C(=O)OC(C)(C)C)c1ccc(Oc2ccc(N)c(N(C)C(=O)O)c2)cc1. The Balaban J connectivity index is 2.18. The lowest BCUT2D eigenvalue weighted by Gasteiger charge is -2.27. The first-order valence-electron chi connectivity index (χ1n) is 11.2. The first-order valence-corrected chi connectivity index (χ1v) is 11.2. The number of carboxylic acid groups (broad SMARTS) is 1. The summed E-state index contributed by atoms with van der Waals surface area (Å²) in [4.78, 5) is 26.7. The molecule has 2 rings (SSSR count). The van der Waals surface area contributed by atoms with Gasteiger partial charge in [0.15, 0.2) is 0 Å². The Bertz CT molecular complexity index is 938. The van der Waals surface area contributed by atoms with Crippen molar-refractivity contribution in [3.63, 3.8) is 0 Å². The van der Waals surface area contributed by atoms with Crippen molar-refractivity contribution in [3.8, 4) is 11.5 Å². The molecule has 2 aromatic rings.